The summed E-state index contributed by atoms with van der Waals surface area (Å²) in [5.41, 5.74) is 3.76. The Hall–Kier alpha value is -2.89. The lowest BCUT2D eigenvalue weighted by Crippen LogP contribution is -2.39. The Morgan fingerprint density at radius 2 is 2.04 bits per heavy atom. The minimum absolute atomic E-state index is 0.0844. The smallest absolute Gasteiger partial charge is 0.253 e. The molecule has 134 valence electrons. The van der Waals surface area contributed by atoms with Gasteiger partial charge in [0, 0.05) is 42.7 Å². The molecule has 6 nitrogen and oxygen atoms in total. The molecule has 0 bridgehead atoms. The van der Waals surface area contributed by atoms with E-state index in [4.69, 9.17) is 0 Å². The molecule has 1 atom stereocenters. The van der Waals surface area contributed by atoms with Gasteiger partial charge in [0.05, 0.1) is 11.4 Å². The molecule has 1 saturated heterocycles. The van der Waals surface area contributed by atoms with Crippen LogP contribution in [-0.4, -0.2) is 43.6 Å². The van der Waals surface area contributed by atoms with Gasteiger partial charge < -0.3 is 9.88 Å². The van der Waals surface area contributed by atoms with Gasteiger partial charge in [-0.05, 0) is 57.0 Å². The van der Waals surface area contributed by atoms with Crippen molar-refractivity contribution in [2.75, 3.05) is 13.1 Å². The van der Waals surface area contributed by atoms with E-state index >= 15 is 0 Å². The molecular formula is C20H23N5O. The molecule has 0 radical (unpaired) electrons. The van der Waals surface area contributed by atoms with E-state index in [1.165, 1.54) is 0 Å². The summed E-state index contributed by atoms with van der Waals surface area (Å²) in [4.78, 5) is 22.4. The fourth-order valence-electron chi connectivity index (χ4n) is 3.70. The fraction of sp³-hybridized carbons (Fsp3) is 0.350. The van der Waals surface area contributed by atoms with E-state index in [-0.39, 0.29) is 11.8 Å². The van der Waals surface area contributed by atoms with Crippen LogP contribution in [0.3, 0.4) is 0 Å². The maximum atomic E-state index is 12.9. The van der Waals surface area contributed by atoms with Gasteiger partial charge in [-0.25, -0.2) is 9.67 Å². The molecule has 1 amide bonds. The molecule has 6 heteroatoms. The van der Waals surface area contributed by atoms with Crippen LogP contribution in [-0.2, 0) is 0 Å². The maximum absolute atomic E-state index is 12.9. The Labute approximate surface area is 152 Å². The predicted octanol–water partition coefficient (Wildman–Crippen LogP) is 3.23. The van der Waals surface area contributed by atoms with Gasteiger partial charge in [0.2, 0.25) is 0 Å². The lowest BCUT2D eigenvalue weighted by Gasteiger charge is -2.32. The summed E-state index contributed by atoms with van der Waals surface area (Å²) in [6, 6.07) is 9.75. The predicted molar refractivity (Wildman–Crippen MR) is 99.5 cm³/mol. The van der Waals surface area contributed by atoms with Crippen LogP contribution in [0.2, 0.25) is 0 Å². The number of hydrogen-bond acceptors (Lipinski definition) is 3. The summed E-state index contributed by atoms with van der Waals surface area (Å²) in [6.45, 7) is 5.52. The number of nitrogens with one attached hydrogen (secondary N) is 1. The molecule has 0 aliphatic carbocycles. The summed E-state index contributed by atoms with van der Waals surface area (Å²) in [6.07, 6.45) is 5.68. The fourth-order valence-corrected chi connectivity index (χ4v) is 3.70. The highest BCUT2D eigenvalue weighted by atomic mass is 16.2. The van der Waals surface area contributed by atoms with Crippen LogP contribution in [0.25, 0.3) is 5.69 Å². The van der Waals surface area contributed by atoms with Crippen LogP contribution in [0.15, 0.2) is 42.7 Å². The number of nitrogens with zero attached hydrogens (tertiary/aromatic N) is 4. The molecule has 0 spiro atoms. The SMILES string of the molecule is Cc1cc(C)n(-c2ccc(C(=O)N3CCC[C@@H](c4ncc[nH]4)C3)cc2)n1. The van der Waals surface area contributed by atoms with Crippen molar-refractivity contribution < 1.29 is 4.79 Å². The molecule has 1 aliphatic heterocycles. The molecule has 1 N–H and O–H groups in total. The van der Waals surface area contributed by atoms with Gasteiger partial charge in [0.25, 0.3) is 5.91 Å². The van der Waals surface area contributed by atoms with Gasteiger partial charge >= 0.3 is 0 Å². The van der Waals surface area contributed by atoms with Gasteiger partial charge in [0.1, 0.15) is 5.82 Å². The van der Waals surface area contributed by atoms with Crippen molar-refractivity contribution in [2.24, 2.45) is 0 Å². The van der Waals surface area contributed by atoms with Crippen molar-refractivity contribution in [2.45, 2.75) is 32.6 Å². The number of aryl methyl sites for hydroxylation is 2. The molecule has 4 rings (SSSR count). The van der Waals surface area contributed by atoms with Crippen molar-refractivity contribution in [3.8, 4) is 5.69 Å². The third kappa shape index (κ3) is 3.14. The average molecular weight is 349 g/mol. The van der Waals surface area contributed by atoms with Crippen molar-refractivity contribution >= 4 is 5.91 Å². The molecule has 0 unspecified atom stereocenters. The number of aromatic amines is 1. The number of rotatable bonds is 3. The summed E-state index contributed by atoms with van der Waals surface area (Å²) in [5, 5.41) is 4.49. The van der Waals surface area contributed by atoms with Crippen LogP contribution >= 0.6 is 0 Å². The van der Waals surface area contributed by atoms with Crippen LogP contribution < -0.4 is 0 Å². The highest BCUT2D eigenvalue weighted by molar-refractivity contribution is 5.94. The highest BCUT2D eigenvalue weighted by Crippen LogP contribution is 2.25. The molecular weight excluding hydrogens is 326 g/mol. The van der Waals surface area contributed by atoms with E-state index in [2.05, 4.69) is 15.1 Å². The van der Waals surface area contributed by atoms with E-state index in [0.29, 0.717) is 6.54 Å². The third-order valence-electron chi connectivity index (χ3n) is 4.98. The average Bonchev–Trinajstić information content (AvgIpc) is 3.31. The molecule has 1 aromatic carbocycles. The zero-order valence-corrected chi connectivity index (χ0v) is 15.1. The largest absolute Gasteiger partial charge is 0.348 e. The summed E-state index contributed by atoms with van der Waals surface area (Å²) < 4.78 is 1.90. The quantitative estimate of drug-likeness (QED) is 0.789. The summed E-state index contributed by atoms with van der Waals surface area (Å²) in [7, 11) is 0. The summed E-state index contributed by atoms with van der Waals surface area (Å²) in [5.74, 6) is 1.35. The van der Waals surface area contributed by atoms with E-state index in [9.17, 15) is 4.79 Å². The second kappa shape index (κ2) is 6.78. The van der Waals surface area contributed by atoms with E-state index in [0.717, 1.165) is 47.8 Å². The molecule has 26 heavy (non-hydrogen) atoms. The lowest BCUT2D eigenvalue weighted by molar-refractivity contribution is 0.0705. The van der Waals surface area contributed by atoms with Crippen LogP contribution in [0.1, 0.15) is 46.3 Å². The Morgan fingerprint density at radius 3 is 2.69 bits per heavy atom. The Kier molecular flexibility index (Phi) is 4.32. The van der Waals surface area contributed by atoms with Gasteiger partial charge in [-0.2, -0.15) is 5.10 Å². The number of carbonyl (C=O) groups excluding carboxylic acids is 1. The second-order valence-corrected chi connectivity index (χ2v) is 6.95. The Balaban J connectivity index is 1.50. The van der Waals surface area contributed by atoms with Crippen molar-refractivity contribution in [1.29, 1.82) is 0 Å². The first-order chi connectivity index (χ1) is 12.6. The minimum Gasteiger partial charge on any atom is -0.348 e. The number of aromatic nitrogens is 4. The van der Waals surface area contributed by atoms with Crippen LogP contribution in [0.5, 0.6) is 0 Å². The molecule has 0 saturated carbocycles. The van der Waals surface area contributed by atoms with Gasteiger partial charge in [0.15, 0.2) is 0 Å². The van der Waals surface area contributed by atoms with Crippen molar-refractivity contribution in [3.05, 3.63) is 65.5 Å². The van der Waals surface area contributed by atoms with Crippen molar-refractivity contribution in [1.82, 2.24) is 24.6 Å². The topological polar surface area (TPSA) is 66.8 Å². The number of benzene rings is 1. The van der Waals surface area contributed by atoms with Gasteiger partial charge in [-0.15, -0.1) is 0 Å². The van der Waals surface area contributed by atoms with E-state index in [1.807, 2.05) is 60.0 Å². The Bertz CT molecular complexity index is 895. The van der Waals surface area contributed by atoms with Crippen LogP contribution in [0.4, 0.5) is 0 Å². The normalized spacial score (nSPS) is 17.5. The molecule has 2 aromatic heterocycles. The molecule has 3 aromatic rings. The zero-order valence-electron chi connectivity index (χ0n) is 15.1. The third-order valence-corrected chi connectivity index (χ3v) is 4.98. The monoisotopic (exact) mass is 349 g/mol. The first-order valence-electron chi connectivity index (χ1n) is 9.04. The van der Waals surface area contributed by atoms with E-state index in [1.54, 1.807) is 6.20 Å². The highest BCUT2D eigenvalue weighted by Gasteiger charge is 2.26. The number of hydrogen-bond donors (Lipinski definition) is 1. The Morgan fingerprint density at radius 1 is 1.23 bits per heavy atom. The lowest BCUT2D eigenvalue weighted by atomic mass is 9.96. The molecule has 1 fully saturated rings. The number of piperidine rings is 1. The maximum Gasteiger partial charge on any atom is 0.253 e. The first-order valence-corrected chi connectivity index (χ1v) is 9.04. The molecule has 1 aliphatic rings. The standard InChI is InChI=1S/C20H23N5O/c1-14-12-15(2)25(23-14)18-7-5-16(6-8-18)20(26)24-11-3-4-17(13-24)19-21-9-10-22-19/h5-10,12,17H,3-4,11,13H2,1-2H3,(H,21,22)/t17-/m1/s1. The number of likely N-dealkylation sites (tertiary alicyclic amines) is 1. The second-order valence-electron chi connectivity index (χ2n) is 6.95. The number of carbonyl (C=O) groups is 1. The molecule has 3 heterocycles. The number of amides is 1. The number of imidazole rings is 1. The summed E-state index contributed by atoms with van der Waals surface area (Å²) >= 11 is 0. The van der Waals surface area contributed by atoms with Crippen LogP contribution in [0, 0.1) is 13.8 Å². The van der Waals surface area contributed by atoms with E-state index < -0.39 is 0 Å². The van der Waals surface area contributed by atoms with Gasteiger partial charge in [-0.1, -0.05) is 0 Å². The minimum atomic E-state index is 0.0844. The van der Waals surface area contributed by atoms with Crippen molar-refractivity contribution in [3.63, 3.8) is 0 Å². The number of H-pyrrole nitrogens is 1. The van der Waals surface area contributed by atoms with Gasteiger partial charge in [-0.3, -0.25) is 4.79 Å². The first kappa shape index (κ1) is 16.6. The zero-order chi connectivity index (χ0) is 18.1.